The van der Waals surface area contributed by atoms with Crippen molar-refractivity contribution in [3.8, 4) is 16.9 Å². The summed E-state index contributed by atoms with van der Waals surface area (Å²) >= 11 is 6.22. The number of aromatic nitrogens is 2. The van der Waals surface area contributed by atoms with E-state index in [0.29, 0.717) is 48.5 Å². The zero-order chi connectivity index (χ0) is 36.8. The lowest BCUT2D eigenvalue weighted by atomic mass is 9.92. The van der Waals surface area contributed by atoms with Crippen LogP contribution in [0, 0.1) is 12.8 Å². The van der Waals surface area contributed by atoms with Gasteiger partial charge in [0.25, 0.3) is 0 Å². The van der Waals surface area contributed by atoms with Crippen molar-refractivity contribution in [3.05, 3.63) is 94.8 Å². The summed E-state index contributed by atoms with van der Waals surface area (Å²) in [7, 11) is 0. The van der Waals surface area contributed by atoms with E-state index in [1.54, 1.807) is 6.07 Å². The van der Waals surface area contributed by atoms with Crippen molar-refractivity contribution >= 4 is 40.9 Å². The second-order valence-corrected chi connectivity index (χ2v) is 14.0. The molecule has 3 aromatic carbocycles. The number of urea groups is 1. The van der Waals surface area contributed by atoms with E-state index in [2.05, 4.69) is 21.8 Å². The Kier molecular flexibility index (Phi) is 11.8. The van der Waals surface area contributed by atoms with Gasteiger partial charge in [-0.05, 0) is 91.5 Å². The zero-order valence-corrected chi connectivity index (χ0v) is 29.8. The lowest BCUT2D eigenvalue weighted by molar-refractivity contribution is -0.139. The largest absolute Gasteiger partial charge is 0.493 e. The molecule has 0 unspecified atom stereocenters. The number of benzene rings is 3. The van der Waals surface area contributed by atoms with E-state index in [4.69, 9.17) is 21.4 Å². The third-order valence-corrected chi connectivity index (χ3v) is 10.00. The molecule has 1 saturated carbocycles. The van der Waals surface area contributed by atoms with E-state index in [-0.39, 0.29) is 25.3 Å². The van der Waals surface area contributed by atoms with Crippen molar-refractivity contribution in [1.82, 2.24) is 15.1 Å². The summed E-state index contributed by atoms with van der Waals surface area (Å²) in [4.78, 5) is 38.6. The Morgan fingerprint density at radius 3 is 2.71 bits per heavy atom. The molecule has 5 N–H and O–H groups in total. The Labute approximate surface area is 307 Å². The van der Waals surface area contributed by atoms with Crippen LogP contribution < -0.4 is 20.3 Å². The van der Waals surface area contributed by atoms with Gasteiger partial charge in [-0.25, -0.2) is 4.79 Å². The molecule has 13 heteroatoms. The number of carboxylic acids is 1. The molecule has 3 amide bonds. The summed E-state index contributed by atoms with van der Waals surface area (Å²) in [6.45, 7) is 3.71. The van der Waals surface area contributed by atoms with Crippen LogP contribution in [-0.4, -0.2) is 74.9 Å². The normalized spacial score (nSPS) is 17.0. The van der Waals surface area contributed by atoms with Gasteiger partial charge in [-0.15, -0.1) is 0 Å². The number of carbonyl (C=O) groups excluding carboxylic acids is 2. The van der Waals surface area contributed by atoms with Gasteiger partial charge in [-0.2, -0.15) is 5.10 Å². The van der Waals surface area contributed by atoms with Gasteiger partial charge in [0.15, 0.2) is 0 Å². The maximum Gasteiger partial charge on any atom is 0.319 e. The van der Waals surface area contributed by atoms with Crippen molar-refractivity contribution in [3.63, 3.8) is 0 Å². The fourth-order valence-electron chi connectivity index (χ4n) is 6.85. The van der Waals surface area contributed by atoms with E-state index in [9.17, 15) is 24.6 Å². The summed E-state index contributed by atoms with van der Waals surface area (Å²) in [5.74, 6) is 0.571. The number of aliphatic hydroxyl groups excluding tert-OH is 2. The highest BCUT2D eigenvalue weighted by Gasteiger charge is 2.47. The van der Waals surface area contributed by atoms with Gasteiger partial charge in [0, 0.05) is 53.2 Å². The van der Waals surface area contributed by atoms with Crippen LogP contribution in [0.1, 0.15) is 61.1 Å². The zero-order valence-electron chi connectivity index (χ0n) is 29.0. The van der Waals surface area contributed by atoms with Crippen LogP contribution in [0.15, 0.2) is 73.1 Å². The minimum atomic E-state index is -1.15. The number of aliphatic carboxylic acids is 1. The van der Waals surface area contributed by atoms with E-state index >= 15 is 0 Å². The van der Waals surface area contributed by atoms with Crippen LogP contribution in [0.2, 0.25) is 5.02 Å². The molecule has 52 heavy (non-hydrogen) atoms. The number of nitrogens with zero attached hydrogens (tertiary/aromatic N) is 3. The number of fused-ring (bicyclic) bond motifs is 3. The van der Waals surface area contributed by atoms with Crippen molar-refractivity contribution in [2.24, 2.45) is 5.92 Å². The predicted molar refractivity (Wildman–Crippen MR) is 198 cm³/mol. The highest BCUT2D eigenvalue weighted by molar-refractivity contribution is 6.31. The summed E-state index contributed by atoms with van der Waals surface area (Å²) in [5, 5.41) is 39.2. The minimum Gasteiger partial charge on any atom is -0.493 e. The molecule has 6 rings (SSSR count). The average Bonchev–Trinajstić information content (AvgIpc) is 3.75. The summed E-state index contributed by atoms with van der Waals surface area (Å²) in [6.07, 6.45) is 3.48. The number of ether oxygens (including phenoxy) is 1. The Morgan fingerprint density at radius 1 is 1.08 bits per heavy atom. The van der Waals surface area contributed by atoms with Crippen molar-refractivity contribution in [2.45, 2.75) is 70.1 Å². The molecule has 0 bridgehead atoms. The molecule has 274 valence electrons. The van der Waals surface area contributed by atoms with Crippen LogP contribution in [0.4, 0.5) is 16.2 Å². The second-order valence-electron chi connectivity index (χ2n) is 13.6. The number of rotatable bonds is 16. The van der Waals surface area contributed by atoms with Crippen LogP contribution >= 0.6 is 11.6 Å². The lowest BCUT2D eigenvalue weighted by Gasteiger charge is -2.30. The first kappa shape index (κ1) is 36.9. The summed E-state index contributed by atoms with van der Waals surface area (Å²) in [6, 6.07) is 18.7. The van der Waals surface area contributed by atoms with E-state index < -0.39 is 30.6 Å². The number of anilines is 2. The van der Waals surface area contributed by atoms with Crippen molar-refractivity contribution in [1.29, 1.82) is 0 Å². The molecule has 4 atom stereocenters. The smallest absolute Gasteiger partial charge is 0.319 e. The molecule has 2 heterocycles. The molecular weight excluding hydrogens is 686 g/mol. The van der Waals surface area contributed by atoms with Gasteiger partial charge in [0.05, 0.1) is 38.0 Å². The molecule has 0 spiro atoms. The number of carboxylic acid groups (broad SMARTS) is 1. The number of hydrogen-bond donors (Lipinski definition) is 5. The molecular formula is C39H44ClN5O7. The highest BCUT2D eigenvalue weighted by atomic mass is 35.5. The van der Waals surface area contributed by atoms with Gasteiger partial charge < -0.3 is 35.6 Å². The van der Waals surface area contributed by atoms with Gasteiger partial charge in [0.1, 0.15) is 5.75 Å². The van der Waals surface area contributed by atoms with Gasteiger partial charge in [-0.3, -0.25) is 14.3 Å². The lowest BCUT2D eigenvalue weighted by Crippen LogP contribution is -2.36. The van der Waals surface area contributed by atoms with Crippen LogP contribution in [-0.2, 0) is 16.1 Å². The number of aliphatic hydroxyl groups is 2. The van der Waals surface area contributed by atoms with Gasteiger partial charge >= 0.3 is 12.0 Å². The topological polar surface area (TPSA) is 166 Å². The van der Waals surface area contributed by atoms with E-state index in [1.165, 1.54) is 5.56 Å². The molecule has 1 aliphatic carbocycles. The maximum atomic E-state index is 13.5. The first-order valence-corrected chi connectivity index (χ1v) is 18.0. The van der Waals surface area contributed by atoms with Gasteiger partial charge in [-0.1, -0.05) is 41.9 Å². The Hall–Kier alpha value is -4.91. The Balaban J connectivity index is 1.03. The molecule has 0 saturated heterocycles. The molecule has 1 aromatic heterocycles. The third kappa shape index (κ3) is 9.30. The highest BCUT2D eigenvalue weighted by Crippen LogP contribution is 2.57. The Morgan fingerprint density at radius 2 is 1.88 bits per heavy atom. The van der Waals surface area contributed by atoms with E-state index in [0.717, 1.165) is 46.7 Å². The number of nitrogens with one attached hydrogen (secondary N) is 2. The van der Waals surface area contributed by atoms with Crippen molar-refractivity contribution in [2.75, 3.05) is 29.9 Å². The maximum absolute atomic E-state index is 13.5. The molecule has 1 aliphatic heterocycles. The molecule has 12 nitrogen and oxygen atoms in total. The second kappa shape index (κ2) is 16.6. The SMILES string of the molecule is Cc1c(Cl)cccc1OCCCC(=O)N1C[C@@H]2C[C@@H]2c2c(-c3cnn(Cc4cccc(NC(=O)NCC[C@@H](O)C[C@@H](O)CC(=O)O)c4)c3)cccc21. The average molecular weight is 730 g/mol. The number of amides is 3. The number of halogens is 1. The number of carbonyl (C=O) groups is 3. The van der Waals surface area contributed by atoms with Crippen LogP contribution in [0.3, 0.4) is 0 Å². The first-order valence-electron chi connectivity index (χ1n) is 17.6. The first-order chi connectivity index (χ1) is 25.0. The van der Waals surface area contributed by atoms with E-state index in [1.807, 2.05) is 77.4 Å². The van der Waals surface area contributed by atoms with Crippen molar-refractivity contribution < 1.29 is 34.4 Å². The monoisotopic (exact) mass is 729 g/mol. The standard InChI is InChI=1S/C39H44ClN5O7/c1-24-33(40)9-4-11-35(24)52-15-5-12-36(48)45-23-26-17-32(26)38-31(8-3-10-34(38)45)27-20-42-44(22-27)21-25-6-2-7-28(16-25)43-39(51)41-14-13-29(46)18-30(47)19-37(49)50/h2-4,6-11,16,20,22,26,29-30,32,46-47H,5,12-15,17-19,21,23H2,1H3,(H,49,50)(H2,41,43,51)/t26-,29+,30+,32-/m0/s1. The number of hydrogen-bond acceptors (Lipinski definition) is 7. The minimum absolute atomic E-state index is 0.0818. The summed E-state index contributed by atoms with van der Waals surface area (Å²) < 4.78 is 7.78. The third-order valence-electron chi connectivity index (χ3n) is 9.59. The fraction of sp³-hybridized carbons (Fsp3) is 0.385. The predicted octanol–water partition coefficient (Wildman–Crippen LogP) is 5.97. The van der Waals surface area contributed by atoms with Gasteiger partial charge in [0.2, 0.25) is 5.91 Å². The molecule has 2 aliphatic rings. The molecule has 0 radical (unpaired) electrons. The fourth-order valence-corrected chi connectivity index (χ4v) is 7.02. The van der Waals surface area contributed by atoms with Crippen LogP contribution in [0.5, 0.6) is 5.75 Å². The molecule has 1 fully saturated rings. The van der Waals surface area contributed by atoms with Crippen LogP contribution in [0.25, 0.3) is 11.1 Å². The Bertz CT molecular complexity index is 1920. The molecule has 4 aromatic rings. The quantitative estimate of drug-likeness (QED) is 0.0881. The summed E-state index contributed by atoms with van der Waals surface area (Å²) in [5.41, 5.74) is 6.66.